The van der Waals surface area contributed by atoms with Crippen LogP contribution in [-0.2, 0) is 6.54 Å². The Morgan fingerprint density at radius 1 is 1.56 bits per heavy atom. The molecule has 0 saturated heterocycles. The van der Waals surface area contributed by atoms with Gasteiger partial charge in [-0.05, 0) is 18.6 Å². The van der Waals surface area contributed by atoms with Crippen LogP contribution in [0.25, 0.3) is 0 Å². The number of imidazole rings is 1. The first-order chi connectivity index (χ1) is 8.63. The second-order valence-corrected chi connectivity index (χ2v) is 3.92. The van der Waals surface area contributed by atoms with Gasteiger partial charge in [-0.3, -0.25) is 0 Å². The third-order valence-corrected chi connectivity index (χ3v) is 2.60. The number of aliphatic hydroxyl groups is 1. The number of furan rings is 1. The van der Waals surface area contributed by atoms with Crippen LogP contribution < -0.4 is 0 Å². The molecule has 0 aliphatic carbocycles. The quantitative estimate of drug-likeness (QED) is 0.842. The molecule has 0 bridgehead atoms. The van der Waals surface area contributed by atoms with E-state index in [1.54, 1.807) is 12.5 Å². The van der Waals surface area contributed by atoms with Crippen LogP contribution in [0.5, 0.6) is 0 Å². The molecule has 0 fully saturated rings. The molecule has 6 nitrogen and oxygen atoms in total. The van der Waals surface area contributed by atoms with Crippen LogP contribution in [0.1, 0.15) is 41.5 Å². The maximum atomic E-state index is 10.7. The summed E-state index contributed by atoms with van der Waals surface area (Å²) in [5.74, 6) is -1.15. The zero-order chi connectivity index (χ0) is 13.1. The van der Waals surface area contributed by atoms with Gasteiger partial charge in [0.2, 0.25) is 5.76 Å². The summed E-state index contributed by atoms with van der Waals surface area (Å²) in [6.45, 7) is 2.75. The predicted octanol–water partition coefficient (Wildman–Crippen LogP) is 1.67. The lowest BCUT2D eigenvalue weighted by molar-refractivity contribution is 0.0654. The van der Waals surface area contributed by atoms with E-state index in [4.69, 9.17) is 9.52 Å². The summed E-state index contributed by atoms with van der Waals surface area (Å²) >= 11 is 0. The molecule has 96 valence electrons. The van der Waals surface area contributed by atoms with Crippen LogP contribution in [0, 0.1) is 0 Å². The Bertz CT molecular complexity index is 544. The Labute approximate surface area is 103 Å². The van der Waals surface area contributed by atoms with E-state index >= 15 is 0 Å². The Morgan fingerprint density at radius 2 is 2.33 bits per heavy atom. The van der Waals surface area contributed by atoms with Gasteiger partial charge in [0.15, 0.2) is 6.10 Å². The minimum atomic E-state index is -1.16. The molecule has 0 amide bonds. The number of hydrogen-bond acceptors (Lipinski definition) is 4. The Hall–Kier alpha value is -2.08. The van der Waals surface area contributed by atoms with Gasteiger partial charge < -0.3 is 19.2 Å². The van der Waals surface area contributed by atoms with Gasteiger partial charge in [-0.1, -0.05) is 6.92 Å². The minimum Gasteiger partial charge on any atom is -0.475 e. The smallest absolute Gasteiger partial charge is 0.371 e. The number of aliphatic hydroxyl groups excluding tert-OH is 1. The van der Waals surface area contributed by atoms with Crippen LogP contribution in [0.3, 0.4) is 0 Å². The number of rotatable bonds is 5. The summed E-state index contributed by atoms with van der Waals surface area (Å²) in [5.41, 5.74) is 0.586. The number of aromatic nitrogens is 2. The van der Waals surface area contributed by atoms with Crippen LogP contribution in [0.2, 0.25) is 0 Å². The first-order valence-electron chi connectivity index (χ1n) is 5.64. The molecule has 2 aromatic rings. The lowest BCUT2D eigenvalue weighted by Gasteiger charge is -2.10. The molecule has 0 aromatic carbocycles. The number of aryl methyl sites for hydroxylation is 1. The number of carbonyl (C=O) groups is 1. The Morgan fingerprint density at radius 3 is 2.94 bits per heavy atom. The molecular formula is C12H14N2O4. The number of hydrogen-bond donors (Lipinski definition) is 2. The first-order valence-corrected chi connectivity index (χ1v) is 5.64. The lowest BCUT2D eigenvalue weighted by atomic mass is 10.2. The van der Waals surface area contributed by atoms with Crippen molar-refractivity contribution in [3.63, 3.8) is 0 Å². The number of carboxylic acids is 1. The zero-order valence-electron chi connectivity index (χ0n) is 9.91. The molecule has 2 aromatic heterocycles. The molecule has 6 heteroatoms. The molecule has 0 saturated carbocycles. The van der Waals surface area contributed by atoms with E-state index in [0.717, 1.165) is 13.0 Å². The fraction of sp³-hybridized carbons (Fsp3) is 0.333. The van der Waals surface area contributed by atoms with Crippen molar-refractivity contribution in [3.8, 4) is 0 Å². The van der Waals surface area contributed by atoms with Crippen molar-refractivity contribution in [2.24, 2.45) is 0 Å². The molecule has 2 N–H and O–H groups in total. The van der Waals surface area contributed by atoms with E-state index in [9.17, 15) is 9.90 Å². The third kappa shape index (κ3) is 2.28. The fourth-order valence-electron chi connectivity index (χ4n) is 1.75. The summed E-state index contributed by atoms with van der Waals surface area (Å²) in [6.07, 6.45) is 3.08. The third-order valence-electron chi connectivity index (χ3n) is 2.60. The summed E-state index contributed by atoms with van der Waals surface area (Å²) in [5, 5.41) is 18.9. The topological polar surface area (TPSA) is 88.5 Å². The van der Waals surface area contributed by atoms with Crippen molar-refractivity contribution in [1.82, 2.24) is 9.55 Å². The highest BCUT2D eigenvalue weighted by Crippen LogP contribution is 2.23. The number of nitrogens with zero attached hydrogens (tertiary/aromatic N) is 2. The summed E-state index contributed by atoms with van der Waals surface area (Å²) < 4.78 is 6.89. The van der Waals surface area contributed by atoms with E-state index in [1.807, 2.05) is 11.5 Å². The molecule has 0 aliphatic heterocycles. The van der Waals surface area contributed by atoms with Gasteiger partial charge >= 0.3 is 5.97 Å². The van der Waals surface area contributed by atoms with Gasteiger partial charge in [-0.2, -0.15) is 0 Å². The molecule has 0 aliphatic rings. The van der Waals surface area contributed by atoms with Gasteiger partial charge in [0.25, 0.3) is 0 Å². The average Bonchev–Trinajstić information content (AvgIpc) is 2.97. The van der Waals surface area contributed by atoms with Crippen LogP contribution in [0.4, 0.5) is 0 Å². The lowest BCUT2D eigenvalue weighted by Crippen LogP contribution is -2.07. The maximum absolute atomic E-state index is 10.7. The molecular weight excluding hydrogens is 236 g/mol. The van der Waals surface area contributed by atoms with Crippen molar-refractivity contribution < 1.29 is 19.4 Å². The van der Waals surface area contributed by atoms with Gasteiger partial charge in [-0.25, -0.2) is 9.78 Å². The van der Waals surface area contributed by atoms with Crippen LogP contribution in [-0.4, -0.2) is 25.7 Å². The molecule has 0 spiro atoms. The van der Waals surface area contributed by atoms with Crippen molar-refractivity contribution >= 4 is 5.97 Å². The van der Waals surface area contributed by atoms with Crippen molar-refractivity contribution in [1.29, 1.82) is 0 Å². The second-order valence-electron chi connectivity index (χ2n) is 3.92. The fourth-order valence-corrected chi connectivity index (χ4v) is 1.75. The highest BCUT2D eigenvalue weighted by molar-refractivity contribution is 5.84. The van der Waals surface area contributed by atoms with E-state index in [1.165, 1.54) is 12.1 Å². The maximum Gasteiger partial charge on any atom is 0.371 e. The van der Waals surface area contributed by atoms with Crippen molar-refractivity contribution in [2.45, 2.75) is 26.0 Å². The molecule has 18 heavy (non-hydrogen) atoms. The highest BCUT2D eigenvalue weighted by atomic mass is 16.4. The van der Waals surface area contributed by atoms with E-state index in [2.05, 4.69) is 4.98 Å². The second kappa shape index (κ2) is 5.05. The SMILES string of the molecule is CCCn1cncc1C(O)c1ccc(C(=O)O)o1. The number of carboxylic acid groups (broad SMARTS) is 1. The van der Waals surface area contributed by atoms with Gasteiger partial charge in [0, 0.05) is 6.54 Å². The molecule has 1 atom stereocenters. The summed E-state index contributed by atoms with van der Waals surface area (Å²) in [4.78, 5) is 14.7. The van der Waals surface area contributed by atoms with Crippen molar-refractivity contribution in [2.75, 3.05) is 0 Å². The van der Waals surface area contributed by atoms with Crippen LogP contribution >= 0.6 is 0 Å². The minimum absolute atomic E-state index is 0.189. The monoisotopic (exact) mass is 250 g/mol. The molecule has 0 radical (unpaired) electrons. The first kappa shape index (κ1) is 12.4. The van der Waals surface area contributed by atoms with E-state index in [0.29, 0.717) is 5.69 Å². The average molecular weight is 250 g/mol. The summed E-state index contributed by atoms with van der Waals surface area (Å²) in [6, 6.07) is 2.78. The Balaban J connectivity index is 2.26. The molecule has 1 unspecified atom stereocenters. The van der Waals surface area contributed by atoms with Gasteiger partial charge in [-0.15, -0.1) is 0 Å². The van der Waals surface area contributed by atoms with Gasteiger partial charge in [0.1, 0.15) is 5.76 Å². The van der Waals surface area contributed by atoms with Gasteiger partial charge in [0.05, 0.1) is 18.2 Å². The number of aromatic carboxylic acids is 1. The Kier molecular flexibility index (Phi) is 3.47. The van der Waals surface area contributed by atoms with E-state index in [-0.39, 0.29) is 11.5 Å². The molecule has 2 heterocycles. The zero-order valence-corrected chi connectivity index (χ0v) is 9.91. The molecule has 2 rings (SSSR count). The van der Waals surface area contributed by atoms with E-state index < -0.39 is 12.1 Å². The highest BCUT2D eigenvalue weighted by Gasteiger charge is 2.20. The summed E-state index contributed by atoms with van der Waals surface area (Å²) in [7, 11) is 0. The predicted molar refractivity (Wildman–Crippen MR) is 62.2 cm³/mol. The normalized spacial score (nSPS) is 12.6. The largest absolute Gasteiger partial charge is 0.475 e. The standard InChI is InChI=1S/C12H14N2O4/c1-2-5-14-7-13-6-8(14)11(15)9-3-4-10(18-9)12(16)17/h3-4,6-7,11,15H,2,5H2,1H3,(H,16,17). The van der Waals surface area contributed by atoms with Crippen molar-refractivity contribution in [3.05, 3.63) is 41.9 Å². The van der Waals surface area contributed by atoms with Crippen LogP contribution in [0.15, 0.2) is 29.1 Å².